The molecule has 0 saturated carbocycles. The zero-order valence-electron chi connectivity index (χ0n) is 10.5. The van der Waals surface area contributed by atoms with Gasteiger partial charge in [0, 0.05) is 11.6 Å². The third kappa shape index (κ3) is 5.00. The number of hydrogen-bond acceptors (Lipinski definition) is 3. The molecule has 20 heavy (non-hydrogen) atoms. The summed E-state index contributed by atoms with van der Waals surface area (Å²) in [6.45, 7) is 5.30. The largest absolute Gasteiger partial charge is 0.743 e. The van der Waals surface area contributed by atoms with Gasteiger partial charge in [-0.15, -0.1) is 0 Å². The second-order valence-corrected chi connectivity index (χ2v) is 5.10. The van der Waals surface area contributed by atoms with Crippen molar-refractivity contribution in [3.05, 3.63) is 30.1 Å². The lowest BCUT2D eigenvalue weighted by Gasteiger charge is -2.21. The van der Waals surface area contributed by atoms with Gasteiger partial charge in [0.2, 0.25) is 0 Å². The lowest BCUT2D eigenvalue weighted by Crippen LogP contribution is -2.43. The molecule has 0 aliphatic heterocycles. The Bertz CT molecular complexity index is 542. The molecule has 0 spiro atoms. The zero-order valence-corrected chi connectivity index (χ0v) is 11.3. The van der Waals surface area contributed by atoms with Crippen molar-refractivity contribution in [1.82, 2.24) is 0 Å². The molecule has 0 radical (unpaired) electrons. The van der Waals surface area contributed by atoms with Gasteiger partial charge in [-0.3, -0.25) is 0 Å². The highest BCUT2D eigenvalue weighted by molar-refractivity contribution is 7.86. The van der Waals surface area contributed by atoms with Gasteiger partial charge < -0.3 is 4.55 Å². The molecule has 1 heterocycles. The number of nitrogens with zero attached hydrogens (tertiary/aromatic N) is 1. The molecule has 0 saturated heterocycles. The van der Waals surface area contributed by atoms with Crippen LogP contribution >= 0.6 is 0 Å². The van der Waals surface area contributed by atoms with E-state index >= 15 is 0 Å². The molecular formula is C10H12F5NO3S. The summed E-state index contributed by atoms with van der Waals surface area (Å²) in [5, 5.41) is -6.21. The van der Waals surface area contributed by atoms with Gasteiger partial charge in [-0.25, -0.2) is 13.0 Å². The summed E-state index contributed by atoms with van der Waals surface area (Å²) in [4.78, 5) is 0. The molecule has 116 valence electrons. The first kappa shape index (κ1) is 18.7. The molecule has 10 heteroatoms. The maximum absolute atomic E-state index is 11.4. The Labute approximate surface area is 112 Å². The molecule has 0 bridgehead atoms. The highest BCUT2D eigenvalue weighted by Crippen LogP contribution is 2.38. The Morgan fingerprint density at radius 3 is 1.95 bits per heavy atom. The average molecular weight is 321 g/mol. The molecule has 0 aliphatic rings. The topological polar surface area (TPSA) is 61.1 Å². The molecule has 1 rings (SSSR count). The van der Waals surface area contributed by atoms with Crippen LogP contribution in [0.3, 0.4) is 0 Å². The van der Waals surface area contributed by atoms with E-state index in [1.54, 1.807) is 0 Å². The molecule has 1 aromatic heterocycles. The molecule has 0 atom stereocenters. The molecule has 1 aromatic rings. The van der Waals surface area contributed by atoms with Gasteiger partial charge in [0.1, 0.15) is 6.54 Å². The first-order chi connectivity index (χ1) is 8.83. The summed E-state index contributed by atoms with van der Waals surface area (Å²) in [7, 11) is -6.67. The van der Waals surface area contributed by atoms with Gasteiger partial charge in [-0.2, -0.15) is 22.0 Å². The second-order valence-electron chi connectivity index (χ2n) is 3.68. The Balaban J connectivity index is 0.000000367. The number of alkyl halides is 5. The molecular weight excluding hydrogens is 309 g/mol. The number of aryl methyl sites for hydroxylation is 2. The summed E-state index contributed by atoms with van der Waals surface area (Å²) in [6.07, 6.45) is -2.14. The minimum absolute atomic E-state index is 1.06. The minimum Gasteiger partial charge on any atom is -0.743 e. The average Bonchev–Trinajstić information content (AvgIpc) is 2.27. The van der Waals surface area contributed by atoms with E-state index in [9.17, 15) is 34.9 Å². The molecule has 0 fully saturated rings. The summed E-state index contributed by atoms with van der Waals surface area (Å²) in [5.41, 5.74) is 1.32. The van der Waals surface area contributed by atoms with E-state index in [2.05, 4.69) is 42.9 Å². The summed E-state index contributed by atoms with van der Waals surface area (Å²) >= 11 is 0. The lowest BCUT2D eigenvalue weighted by molar-refractivity contribution is -0.693. The van der Waals surface area contributed by atoms with Crippen LogP contribution in [0.5, 0.6) is 0 Å². The maximum Gasteiger partial charge on any atom is 0.468 e. The van der Waals surface area contributed by atoms with Crippen LogP contribution in [0, 0.1) is 6.92 Å². The highest BCUT2D eigenvalue weighted by Gasteiger charge is 2.63. The molecule has 0 unspecified atom stereocenters. The normalized spacial score (nSPS) is 12.6. The van der Waals surface area contributed by atoms with Gasteiger partial charge in [0.15, 0.2) is 22.5 Å². The highest BCUT2D eigenvalue weighted by atomic mass is 32.2. The number of hydrogen-bond donors (Lipinski definition) is 0. The fourth-order valence-electron chi connectivity index (χ4n) is 0.991. The smallest absolute Gasteiger partial charge is 0.468 e. The molecule has 0 N–H and O–H groups in total. The van der Waals surface area contributed by atoms with Gasteiger partial charge in [-0.05, 0) is 19.9 Å². The fraction of sp³-hybridized carbons (Fsp3) is 0.500. The van der Waals surface area contributed by atoms with E-state index in [0.29, 0.717) is 0 Å². The Kier molecular flexibility index (Phi) is 6.02. The van der Waals surface area contributed by atoms with Gasteiger partial charge in [0.25, 0.3) is 0 Å². The third-order valence-corrected chi connectivity index (χ3v) is 2.87. The Morgan fingerprint density at radius 1 is 1.25 bits per heavy atom. The van der Waals surface area contributed by atoms with E-state index in [4.69, 9.17) is 0 Å². The van der Waals surface area contributed by atoms with E-state index in [0.717, 1.165) is 6.54 Å². The minimum atomic E-state index is -6.67. The van der Waals surface area contributed by atoms with Gasteiger partial charge in [0.05, 0.1) is 0 Å². The molecule has 4 nitrogen and oxygen atoms in total. The van der Waals surface area contributed by atoms with Crippen molar-refractivity contribution < 1.29 is 39.5 Å². The third-order valence-electron chi connectivity index (χ3n) is 2.02. The van der Waals surface area contributed by atoms with Crippen molar-refractivity contribution in [2.45, 2.75) is 31.8 Å². The van der Waals surface area contributed by atoms with E-state index < -0.39 is 21.5 Å². The number of aromatic nitrogens is 1. The van der Waals surface area contributed by atoms with Crippen molar-refractivity contribution >= 4 is 10.1 Å². The van der Waals surface area contributed by atoms with Crippen LogP contribution in [-0.2, 0) is 16.7 Å². The first-order valence-electron chi connectivity index (χ1n) is 5.18. The Hall–Kier alpha value is -1.29. The predicted octanol–water partition coefficient (Wildman–Crippen LogP) is 1.99. The Morgan fingerprint density at radius 2 is 1.75 bits per heavy atom. The van der Waals surface area contributed by atoms with Crippen LogP contribution in [0.4, 0.5) is 22.0 Å². The van der Waals surface area contributed by atoms with Crippen molar-refractivity contribution in [1.29, 1.82) is 0 Å². The summed E-state index contributed by atoms with van der Waals surface area (Å²) < 4.78 is 85.8. The molecule has 0 aliphatic carbocycles. The summed E-state index contributed by atoms with van der Waals surface area (Å²) in [5.74, 6) is 0. The van der Waals surface area contributed by atoms with Gasteiger partial charge >= 0.3 is 11.4 Å². The van der Waals surface area contributed by atoms with Gasteiger partial charge in [-0.1, -0.05) is 0 Å². The van der Waals surface area contributed by atoms with E-state index in [-0.39, 0.29) is 0 Å². The standard InChI is InChI=1S/C8H12N.C2HF5O3S/c1-3-9-6-4-5-8(2)7-9;3-1(4,5)2(6,7)11(8,9)10/h4-7H,3H2,1-2H3;(H,8,9,10)/q+1;/p-1. The predicted molar refractivity (Wildman–Crippen MR) is 57.7 cm³/mol. The molecule has 0 aromatic carbocycles. The fourth-order valence-corrected chi connectivity index (χ4v) is 1.27. The van der Waals surface area contributed by atoms with Crippen molar-refractivity contribution in [3.63, 3.8) is 0 Å². The quantitative estimate of drug-likeness (QED) is 0.475. The van der Waals surface area contributed by atoms with Crippen LogP contribution in [0.2, 0.25) is 0 Å². The molecule has 0 amide bonds. The van der Waals surface area contributed by atoms with Crippen LogP contribution in [0.1, 0.15) is 12.5 Å². The number of halogens is 5. The van der Waals surface area contributed by atoms with Crippen molar-refractivity contribution in [2.75, 3.05) is 0 Å². The van der Waals surface area contributed by atoms with Crippen LogP contribution in [0.25, 0.3) is 0 Å². The van der Waals surface area contributed by atoms with Crippen molar-refractivity contribution in [2.24, 2.45) is 0 Å². The zero-order chi connectivity index (χ0) is 16.2. The van der Waals surface area contributed by atoms with E-state index in [1.165, 1.54) is 5.56 Å². The number of rotatable bonds is 2. The van der Waals surface area contributed by atoms with E-state index in [1.807, 2.05) is 0 Å². The monoisotopic (exact) mass is 321 g/mol. The number of pyridine rings is 1. The second kappa shape index (κ2) is 6.44. The first-order valence-corrected chi connectivity index (χ1v) is 6.59. The SMILES string of the molecule is CC[n+]1cccc(C)c1.O=S(=O)([O-])C(F)(F)C(F)(F)F. The lowest BCUT2D eigenvalue weighted by atomic mass is 10.3. The maximum atomic E-state index is 11.4. The van der Waals surface area contributed by atoms with Crippen LogP contribution in [0.15, 0.2) is 24.5 Å². The van der Waals surface area contributed by atoms with Crippen molar-refractivity contribution in [3.8, 4) is 0 Å². The van der Waals surface area contributed by atoms with Crippen LogP contribution in [-0.4, -0.2) is 24.4 Å². The van der Waals surface area contributed by atoms with Crippen LogP contribution < -0.4 is 4.57 Å². The summed E-state index contributed by atoms with van der Waals surface area (Å²) in [6, 6.07) is 4.17.